The Bertz CT molecular complexity index is 883. The van der Waals surface area contributed by atoms with Gasteiger partial charge in [-0.25, -0.2) is 10.8 Å². The summed E-state index contributed by atoms with van der Waals surface area (Å²) in [4.78, 5) is 17.0. The van der Waals surface area contributed by atoms with Gasteiger partial charge in [-0.3, -0.25) is 19.5 Å². The highest BCUT2D eigenvalue weighted by Crippen LogP contribution is 2.19. The maximum atomic E-state index is 12.6. The maximum absolute atomic E-state index is 12.6. The molecule has 3 N–H and O–H groups in total. The first-order chi connectivity index (χ1) is 10.6. The van der Waals surface area contributed by atoms with Gasteiger partial charge in [0.2, 0.25) is 5.95 Å². The van der Waals surface area contributed by atoms with Crippen molar-refractivity contribution >= 4 is 17.0 Å². The molecule has 0 atom stereocenters. The van der Waals surface area contributed by atoms with Gasteiger partial charge in [-0.1, -0.05) is 18.2 Å². The van der Waals surface area contributed by atoms with Crippen molar-refractivity contribution in [3.05, 3.63) is 46.4 Å². The first kappa shape index (κ1) is 14.1. The van der Waals surface area contributed by atoms with Gasteiger partial charge in [0.1, 0.15) is 11.3 Å². The number of ether oxygens (including phenoxy) is 1. The molecular formula is C14H16N6O2. The second-order valence-electron chi connectivity index (χ2n) is 4.82. The van der Waals surface area contributed by atoms with Gasteiger partial charge in [0.05, 0.1) is 19.9 Å². The molecule has 0 saturated carbocycles. The summed E-state index contributed by atoms with van der Waals surface area (Å²) in [6, 6.07) is 7.47. The van der Waals surface area contributed by atoms with Crippen LogP contribution in [0, 0.1) is 0 Å². The summed E-state index contributed by atoms with van der Waals surface area (Å²) in [7, 11) is 3.32. The average molecular weight is 300 g/mol. The van der Waals surface area contributed by atoms with Crippen LogP contribution in [0.2, 0.25) is 0 Å². The van der Waals surface area contributed by atoms with Crippen molar-refractivity contribution in [2.24, 2.45) is 12.9 Å². The zero-order valence-electron chi connectivity index (χ0n) is 12.3. The normalized spacial score (nSPS) is 10.9. The molecule has 2 heterocycles. The number of methoxy groups -OCH3 is 1. The fraction of sp³-hybridized carbons (Fsp3) is 0.214. The number of para-hydroxylation sites is 1. The number of nitrogen functional groups attached to an aromatic ring is 1. The number of nitrogens with two attached hydrogens (primary N) is 1. The summed E-state index contributed by atoms with van der Waals surface area (Å²) in [5.74, 6) is 6.48. The van der Waals surface area contributed by atoms with Gasteiger partial charge in [0.25, 0.3) is 5.56 Å². The Morgan fingerprint density at radius 3 is 2.86 bits per heavy atom. The SMILES string of the molecule is COc1ccccc1Cn1c(NN)nc2cn(C)nc2c1=O. The summed E-state index contributed by atoms with van der Waals surface area (Å²) < 4.78 is 8.30. The summed E-state index contributed by atoms with van der Waals surface area (Å²) >= 11 is 0. The van der Waals surface area contributed by atoms with Gasteiger partial charge in [-0.2, -0.15) is 5.10 Å². The molecule has 0 radical (unpaired) electrons. The van der Waals surface area contributed by atoms with Crippen LogP contribution in [0.15, 0.2) is 35.3 Å². The smallest absolute Gasteiger partial charge is 0.283 e. The predicted octanol–water partition coefficient (Wildman–Crippen LogP) is 0.472. The van der Waals surface area contributed by atoms with Crippen LogP contribution in [0.25, 0.3) is 11.0 Å². The molecule has 0 spiro atoms. The molecule has 0 unspecified atom stereocenters. The largest absolute Gasteiger partial charge is 0.496 e. The maximum Gasteiger partial charge on any atom is 0.283 e. The van der Waals surface area contributed by atoms with E-state index in [0.717, 1.165) is 5.56 Å². The fourth-order valence-electron chi connectivity index (χ4n) is 2.37. The second kappa shape index (κ2) is 5.49. The standard InChI is InChI=1S/C14H16N6O2/c1-19-8-10-12(18-19)13(21)20(14(16-10)17-15)7-9-5-3-4-6-11(9)22-2/h3-6,8H,7,15H2,1-2H3,(H,16,17). The molecule has 0 bridgehead atoms. The summed E-state index contributed by atoms with van der Waals surface area (Å²) in [6.07, 6.45) is 1.67. The van der Waals surface area contributed by atoms with Gasteiger partial charge < -0.3 is 4.74 Å². The molecule has 3 rings (SSSR count). The lowest BCUT2D eigenvalue weighted by atomic mass is 10.2. The number of aryl methyl sites for hydroxylation is 1. The molecular weight excluding hydrogens is 284 g/mol. The van der Waals surface area contributed by atoms with Crippen LogP contribution in [0.3, 0.4) is 0 Å². The number of fused-ring (bicyclic) bond motifs is 1. The lowest BCUT2D eigenvalue weighted by Gasteiger charge is -2.13. The van der Waals surface area contributed by atoms with Crippen molar-refractivity contribution in [3.63, 3.8) is 0 Å². The van der Waals surface area contributed by atoms with Crippen molar-refractivity contribution in [1.82, 2.24) is 19.3 Å². The molecule has 3 aromatic rings. The Morgan fingerprint density at radius 2 is 2.14 bits per heavy atom. The average Bonchev–Trinajstić information content (AvgIpc) is 2.91. The third-order valence-electron chi connectivity index (χ3n) is 3.39. The van der Waals surface area contributed by atoms with Gasteiger partial charge in [0, 0.05) is 12.6 Å². The number of anilines is 1. The fourth-order valence-corrected chi connectivity index (χ4v) is 2.37. The molecule has 2 aromatic heterocycles. The van der Waals surface area contributed by atoms with Crippen molar-refractivity contribution in [3.8, 4) is 5.75 Å². The lowest BCUT2D eigenvalue weighted by Crippen LogP contribution is -2.27. The zero-order chi connectivity index (χ0) is 15.7. The molecule has 0 amide bonds. The number of hydrogen-bond acceptors (Lipinski definition) is 6. The number of hydrazine groups is 1. The molecule has 8 heteroatoms. The quantitative estimate of drug-likeness (QED) is 0.537. The molecule has 0 aliphatic carbocycles. The van der Waals surface area contributed by atoms with E-state index in [1.165, 1.54) is 4.57 Å². The number of nitrogens with one attached hydrogen (secondary N) is 1. The van der Waals surface area contributed by atoms with E-state index < -0.39 is 0 Å². The Hall–Kier alpha value is -2.87. The van der Waals surface area contributed by atoms with Gasteiger partial charge in [-0.05, 0) is 6.07 Å². The van der Waals surface area contributed by atoms with Crippen molar-refractivity contribution in [2.45, 2.75) is 6.54 Å². The Balaban J connectivity index is 2.17. The van der Waals surface area contributed by atoms with Crippen molar-refractivity contribution in [2.75, 3.05) is 12.5 Å². The van der Waals surface area contributed by atoms with E-state index in [0.29, 0.717) is 16.8 Å². The summed E-state index contributed by atoms with van der Waals surface area (Å²) in [5, 5.41) is 4.15. The van der Waals surface area contributed by atoms with Crippen molar-refractivity contribution in [1.29, 1.82) is 0 Å². The molecule has 0 saturated heterocycles. The van der Waals surface area contributed by atoms with Crippen LogP contribution in [0.4, 0.5) is 5.95 Å². The van der Waals surface area contributed by atoms with E-state index in [4.69, 9.17) is 10.6 Å². The van der Waals surface area contributed by atoms with Crippen LogP contribution in [0.1, 0.15) is 5.56 Å². The van der Waals surface area contributed by atoms with E-state index in [1.54, 1.807) is 25.0 Å². The summed E-state index contributed by atoms with van der Waals surface area (Å²) in [5.41, 5.74) is 3.86. The topological polar surface area (TPSA) is 100.0 Å². The van der Waals surface area contributed by atoms with E-state index >= 15 is 0 Å². The van der Waals surface area contributed by atoms with Crippen LogP contribution in [0.5, 0.6) is 5.75 Å². The molecule has 8 nitrogen and oxygen atoms in total. The third-order valence-corrected chi connectivity index (χ3v) is 3.39. The minimum atomic E-state index is -0.260. The Morgan fingerprint density at radius 1 is 1.36 bits per heavy atom. The minimum Gasteiger partial charge on any atom is -0.496 e. The monoisotopic (exact) mass is 300 g/mol. The molecule has 0 aliphatic rings. The number of rotatable bonds is 4. The minimum absolute atomic E-state index is 0.260. The van der Waals surface area contributed by atoms with Gasteiger partial charge in [0.15, 0.2) is 5.52 Å². The van der Waals surface area contributed by atoms with Gasteiger partial charge in [-0.15, -0.1) is 0 Å². The van der Waals surface area contributed by atoms with Crippen LogP contribution < -0.4 is 21.6 Å². The molecule has 114 valence electrons. The Kier molecular flexibility index (Phi) is 3.51. The molecule has 0 aliphatic heterocycles. The van der Waals surface area contributed by atoms with E-state index in [-0.39, 0.29) is 18.1 Å². The Labute approximate surface area is 126 Å². The van der Waals surface area contributed by atoms with E-state index in [9.17, 15) is 4.79 Å². The van der Waals surface area contributed by atoms with Crippen LogP contribution in [-0.4, -0.2) is 26.4 Å². The molecule has 22 heavy (non-hydrogen) atoms. The first-order valence-electron chi connectivity index (χ1n) is 6.66. The second-order valence-corrected chi connectivity index (χ2v) is 4.82. The van der Waals surface area contributed by atoms with E-state index in [1.807, 2.05) is 24.3 Å². The van der Waals surface area contributed by atoms with Crippen molar-refractivity contribution < 1.29 is 4.74 Å². The number of hydrogen-bond donors (Lipinski definition) is 2. The highest BCUT2D eigenvalue weighted by molar-refractivity contribution is 5.73. The van der Waals surface area contributed by atoms with Gasteiger partial charge >= 0.3 is 0 Å². The third kappa shape index (κ3) is 2.29. The predicted molar refractivity (Wildman–Crippen MR) is 82.7 cm³/mol. The first-order valence-corrected chi connectivity index (χ1v) is 6.66. The number of benzene rings is 1. The molecule has 1 aromatic carbocycles. The molecule has 0 fully saturated rings. The number of aromatic nitrogens is 4. The highest BCUT2D eigenvalue weighted by Gasteiger charge is 2.14. The zero-order valence-corrected chi connectivity index (χ0v) is 12.3. The number of nitrogens with zero attached hydrogens (tertiary/aromatic N) is 4. The van der Waals surface area contributed by atoms with E-state index in [2.05, 4.69) is 15.5 Å². The lowest BCUT2D eigenvalue weighted by molar-refractivity contribution is 0.408. The highest BCUT2D eigenvalue weighted by atomic mass is 16.5. The van der Waals surface area contributed by atoms with Crippen LogP contribution >= 0.6 is 0 Å². The van der Waals surface area contributed by atoms with Crippen LogP contribution in [-0.2, 0) is 13.6 Å². The summed E-state index contributed by atoms with van der Waals surface area (Å²) in [6.45, 7) is 0.280.